The summed E-state index contributed by atoms with van der Waals surface area (Å²) in [5.74, 6) is -0.553. The summed E-state index contributed by atoms with van der Waals surface area (Å²) in [6.45, 7) is 0. The number of hydrogen-bond acceptors (Lipinski definition) is 4. The average molecular weight is 201 g/mol. The molecule has 1 aromatic carbocycles. The lowest BCUT2D eigenvalue weighted by Gasteiger charge is -1.99. The van der Waals surface area contributed by atoms with E-state index in [1.807, 2.05) is 11.4 Å². The van der Waals surface area contributed by atoms with Crippen molar-refractivity contribution in [3.63, 3.8) is 0 Å². The largest absolute Gasteiger partial charge is 0.294 e. The molecule has 0 atom stereocenters. The molecule has 0 saturated carbocycles. The number of carbonyl (C=O) groups is 2. The van der Waals surface area contributed by atoms with Crippen LogP contribution in [0.3, 0.4) is 0 Å². The Balaban J connectivity index is 2.46. The Hall–Kier alpha value is -2.30. The van der Waals surface area contributed by atoms with Crippen molar-refractivity contribution in [1.29, 1.82) is 0 Å². The van der Waals surface area contributed by atoms with Crippen LogP contribution in [0.25, 0.3) is 11.0 Å². The van der Waals surface area contributed by atoms with Crippen LogP contribution < -0.4 is 5.32 Å². The lowest BCUT2D eigenvalue weighted by atomic mass is 10.3. The van der Waals surface area contributed by atoms with Gasteiger partial charge in [-0.05, 0) is 12.1 Å². The zero-order valence-electron chi connectivity index (χ0n) is 7.68. The predicted molar refractivity (Wildman–Crippen MR) is 53.1 cm³/mol. The minimum atomic E-state index is -0.553. The van der Waals surface area contributed by atoms with Gasteiger partial charge in [0.05, 0.1) is 17.2 Å². The fraction of sp³-hybridized carbons (Fsp3) is 0. The van der Waals surface area contributed by atoms with Gasteiger partial charge in [0.25, 0.3) is 5.91 Å². The minimum Gasteiger partial charge on any atom is -0.294 e. The molecule has 0 spiro atoms. The normalized spacial score (nSPS) is 9.87. The first-order valence-corrected chi connectivity index (χ1v) is 4.27. The SMILES string of the molecule is O=CNC(=O)c1cnc2ccccc2n1. The topological polar surface area (TPSA) is 72.0 Å². The Kier molecular flexibility index (Phi) is 2.37. The van der Waals surface area contributed by atoms with Crippen LogP contribution in [0.5, 0.6) is 0 Å². The van der Waals surface area contributed by atoms with E-state index in [0.29, 0.717) is 17.4 Å². The van der Waals surface area contributed by atoms with Crippen molar-refractivity contribution in [1.82, 2.24) is 15.3 Å². The molecule has 1 aromatic heterocycles. The Morgan fingerprint density at radius 3 is 2.73 bits per heavy atom. The molecule has 0 aliphatic heterocycles. The Bertz CT molecular complexity index is 525. The number of carbonyl (C=O) groups excluding carboxylic acids is 2. The molecule has 1 heterocycles. The Morgan fingerprint density at radius 1 is 1.27 bits per heavy atom. The quantitative estimate of drug-likeness (QED) is 0.719. The van der Waals surface area contributed by atoms with Crippen molar-refractivity contribution in [3.8, 4) is 0 Å². The molecular weight excluding hydrogens is 194 g/mol. The van der Waals surface area contributed by atoms with E-state index in [-0.39, 0.29) is 5.69 Å². The summed E-state index contributed by atoms with van der Waals surface area (Å²) in [5.41, 5.74) is 1.46. The van der Waals surface area contributed by atoms with Gasteiger partial charge in [0.1, 0.15) is 5.69 Å². The number of nitrogens with one attached hydrogen (secondary N) is 1. The number of fused-ring (bicyclic) bond motifs is 1. The van der Waals surface area contributed by atoms with Gasteiger partial charge in [-0.2, -0.15) is 0 Å². The maximum absolute atomic E-state index is 11.2. The molecule has 0 aliphatic carbocycles. The van der Waals surface area contributed by atoms with Crippen LogP contribution >= 0.6 is 0 Å². The van der Waals surface area contributed by atoms with E-state index in [4.69, 9.17) is 0 Å². The van der Waals surface area contributed by atoms with Gasteiger partial charge in [-0.1, -0.05) is 12.1 Å². The van der Waals surface area contributed by atoms with Crippen LogP contribution in [0.15, 0.2) is 30.5 Å². The molecule has 1 N–H and O–H groups in total. The van der Waals surface area contributed by atoms with E-state index < -0.39 is 5.91 Å². The number of benzene rings is 1. The molecular formula is C10H7N3O2. The zero-order chi connectivity index (χ0) is 10.7. The molecule has 5 heteroatoms. The van der Waals surface area contributed by atoms with Gasteiger partial charge >= 0.3 is 0 Å². The van der Waals surface area contributed by atoms with E-state index >= 15 is 0 Å². The highest BCUT2D eigenvalue weighted by atomic mass is 16.2. The molecule has 0 unspecified atom stereocenters. The molecule has 0 fully saturated rings. The summed E-state index contributed by atoms with van der Waals surface area (Å²) >= 11 is 0. The van der Waals surface area contributed by atoms with Gasteiger partial charge in [0.2, 0.25) is 6.41 Å². The first kappa shape index (κ1) is 9.26. The lowest BCUT2D eigenvalue weighted by Crippen LogP contribution is -2.22. The minimum absolute atomic E-state index is 0.126. The van der Waals surface area contributed by atoms with Gasteiger partial charge in [0.15, 0.2) is 0 Å². The van der Waals surface area contributed by atoms with E-state index in [9.17, 15) is 9.59 Å². The maximum atomic E-state index is 11.2. The van der Waals surface area contributed by atoms with Gasteiger partial charge in [-0.3, -0.25) is 19.9 Å². The van der Waals surface area contributed by atoms with Crippen LogP contribution in [-0.2, 0) is 4.79 Å². The molecule has 74 valence electrons. The summed E-state index contributed by atoms with van der Waals surface area (Å²) in [6.07, 6.45) is 1.65. The fourth-order valence-electron chi connectivity index (χ4n) is 1.19. The molecule has 2 aromatic rings. The second kappa shape index (κ2) is 3.83. The third-order valence-electron chi connectivity index (χ3n) is 1.87. The first-order chi connectivity index (χ1) is 7.31. The Morgan fingerprint density at radius 2 is 2.00 bits per heavy atom. The predicted octanol–water partition coefficient (Wildman–Crippen LogP) is 0.516. The summed E-state index contributed by atoms with van der Waals surface area (Å²) in [7, 11) is 0. The third-order valence-corrected chi connectivity index (χ3v) is 1.87. The van der Waals surface area contributed by atoms with Gasteiger partial charge in [-0.25, -0.2) is 4.98 Å². The van der Waals surface area contributed by atoms with Crippen molar-refractivity contribution >= 4 is 23.4 Å². The van der Waals surface area contributed by atoms with Crippen LogP contribution in [0, 0.1) is 0 Å². The number of hydrogen-bond donors (Lipinski definition) is 1. The van der Waals surface area contributed by atoms with Crippen molar-refractivity contribution in [2.45, 2.75) is 0 Å². The number of amides is 2. The molecule has 2 amide bonds. The molecule has 5 nitrogen and oxygen atoms in total. The summed E-state index contributed by atoms with van der Waals surface area (Å²) in [6, 6.07) is 7.18. The second-order valence-corrected chi connectivity index (χ2v) is 2.84. The molecule has 0 aliphatic rings. The van der Waals surface area contributed by atoms with Crippen molar-refractivity contribution in [2.24, 2.45) is 0 Å². The molecule has 0 bridgehead atoms. The highest BCUT2D eigenvalue weighted by Gasteiger charge is 2.07. The lowest BCUT2D eigenvalue weighted by molar-refractivity contribution is -0.108. The van der Waals surface area contributed by atoms with Crippen molar-refractivity contribution in [2.75, 3.05) is 0 Å². The smallest absolute Gasteiger partial charge is 0.277 e. The molecule has 0 saturated heterocycles. The number of aromatic nitrogens is 2. The maximum Gasteiger partial charge on any atom is 0.277 e. The molecule has 2 rings (SSSR count). The second-order valence-electron chi connectivity index (χ2n) is 2.84. The van der Waals surface area contributed by atoms with E-state index in [1.54, 1.807) is 18.2 Å². The van der Waals surface area contributed by atoms with Gasteiger partial charge < -0.3 is 0 Å². The van der Waals surface area contributed by atoms with Crippen LogP contribution in [0.2, 0.25) is 0 Å². The summed E-state index contributed by atoms with van der Waals surface area (Å²) in [5, 5.41) is 2.00. The number of rotatable bonds is 2. The monoisotopic (exact) mass is 201 g/mol. The molecule has 15 heavy (non-hydrogen) atoms. The number of imide groups is 1. The number of nitrogens with zero attached hydrogens (tertiary/aromatic N) is 2. The van der Waals surface area contributed by atoms with Crippen molar-refractivity contribution < 1.29 is 9.59 Å². The number of para-hydroxylation sites is 2. The van der Waals surface area contributed by atoms with Crippen LogP contribution in [0.1, 0.15) is 10.5 Å². The van der Waals surface area contributed by atoms with E-state index in [1.165, 1.54) is 6.20 Å². The first-order valence-electron chi connectivity index (χ1n) is 4.27. The summed E-state index contributed by atoms with van der Waals surface area (Å²) < 4.78 is 0. The highest BCUT2D eigenvalue weighted by molar-refractivity contribution is 5.99. The van der Waals surface area contributed by atoms with Gasteiger partial charge in [-0.15, -0.1) is 0 Å². The Labute approximate surface area is 85.2 Å². The molecule has 0 radical (unpaired) electrons. The fourth-order valence-corrected chi connectivity index (χ4v) is 1.19. The highest BCUT2D eigenvalue weighted by Crippen LogP contribution is 2.07. The zero-order valence-corrected chi connectivity index (χ0v) is 7.68. The average Bonchev–Trinajstić information content (AvgIpc) is 2.29. The van der Waals surface area contributed by atoms with E-state index in [2.05, 4.69) is 9.97 Å². The standard InChI is InChI=1S/C10H7N3O2/c14-6-12-10(15)9-5-11-7-3-1-2-4-8(7)13-9/h1-6H,(H,12,14,15). The third kappa shape index (κ3) is 1.80. The van der Waals surface area contributed by atoms with E-state index in [0.717, 1.165) is 0 Å². The van der Waals surface area contributed by atoms with Crippen molar-refractivity contribution in [3.05, 3.63) is 36.2 Å². The van der Waals surface area contributed by atoms with Crippen LogP contribution in [0.4, 0.5) is 0 Å². The van der Waals surface area contributed by atoms with Crippen LogP contribution in [-0.4, -0.2) is 22.3 Å². The summed E-state index contributed by atoms with van der Waals surface area (Å²) in [4.78, 5) is 29.4. The van der Waals surface area contributed by atoms with Gasteiger partial charge in [0, 0.05) is 0 Å².